The molecule has 0 spiro atoms. The molecule has 3 rings (SSSR count). The Kier molecular flexibility index (Phi) is 4.94. The minimum Gasteiger partial charge on any atom is -0.445 e. The van der Waals surface area contributed by atoms with Crippen LogP contribution in [0.3, 0.4) is 0 Å². The Balaban J connectivity index is 1.71. The number of rotatable bonds is 4. The number of nitrogens with one attached hydrogen (secondary N) is 2. The van der Waals surface area contributed by atoms with E-state index in [1.165, 1.54) is 11.3 Å². The summed E-state index contributed by atoms with van der Waals surface area (Å²) in [6, 6.07) is 11.4. The van der Waals surface area contributed by atoms with E-state index >= 15 is 0 Å². The summed E-state index contributed by atoms with van der Waals surface area (Å²) in [4.78, 5) is 25.8. The van der Waals surface area contributed by atoms with E-state index in [0.717, 1.165) is 21.0 Å². The van der Waals surface area contributed by atoms with Gasteiger partial charge in [-0.25, -0.2) is 4.79 Å². The number of aryl methyl sites for hydroxylation is 1. The lowest BCUT2D eigenvalue weighted by molar-refractivity contribution is -0.127. The number of nitrogens with two attached hydrogens (primary N) is 1. The van der Waals surface area contributed by atoms with Crippen LogP contribution in [0, 0.1) is 0 Å². The van der Waals surface area contributed by atoms with E-state index in [2.05, 4.69) is 10.6 Å². The summed E-state index contributed by atoms with van der Waals surface area (Å²) in [5.74, 6) is -0.221. The molecular formula is C18H21N3O3S. The van der Waals surface area contributed by atoms with Crippen LogP contribution in [-0.2, 0) is 29.0 Å². The van der Waals surface area contributed by atoms with Crippen molar-refractivity contribution in [1.29, 1.82) is 0 Å². The van der Waals surface area contributed by atoms with Crippen molar-refractivity contribution in [1.82, 2.24) is 10.6 Å². The van der Waals surface area contributed by atoms with Crippen LogP contribution < -0.4 is 16.4 Å². The lowest BCUT2D eigenvalue weighted by Gasteiger charge is -2.35. The van der Waals surface area contributed by atoms with Crippen molar-refractivity contribution in [2.75, 3.05) is 12.8 Å². The first-order chi connectivity index (χ1) is 12.0. The number of thiophene rings is 1. The number of carbonyl (C=O) groups excluding carboxylic acids is 2. The molecule has 7 heteroatoms. The number of carbonyl (C=O) groups is 2. The van der Waals surface area contributed by atoms with Crippen molar-refractivity contribution in [3.05, 3.63) is 52.4 Å². The van der Waals surface area contributed by atoms with Crippen LogP contribution in [0.2, 0.25) is 0 Å². The van der Waals surface area contributed by atoms with Crippen molar-refractivity contribution >= 4 is 28.3 Å². The molecule has 2 amide bonds. The summed E-state index contributed by atoms with van der Waals surface area (Å²) in [6.45, 7) is 0.160. The van der Waals surface area contributed by atoms with E-state index < -0.39 is 11.6 Å². The summed E-state index contributed by atoms with van der Waals surface area (Å²) in [5, 5.41) is 6.18. The van der Waals surface area contributed by atoms with Crippen molar-refractivity contribution in [3.8, 4) is 0 Å². The molecule has 4 N–H and O–H groups in total. The molecule has 0 aliphatic heterocycles. The Morgan fingerprint density at radius 2 is 2.08 bits per heavy atom. The van der Waals surface area contributed by atoms with Gasteiger partial charge < -0.3 is 21.1 Å². The molecule has 2 aromatic rings. The lowest BCUT2D eigenvalue weighted by Crippen LogP contribution is -2.61. The number of likely N-dealkylation sites (N-methyl/N-ethyl adjacent to an activating group) is 1. The zero-order valence-corrected chi connectivity index (χ0v) is 14.8. The van der Waals surface area contributed by atoms with Gasteiger partial charge in [-0.15, -0.1) is 11.3 Å². The number of alkyl carbamates (subject to hydrolysis) is 1. The van der Waals surface area contributed by atoms with E-state index in [-0.39, 0.29) is 12.5 Å². The van der Waals surface area contributed by atoms with Crippen molar-refractivity contribution < 1.29 is 14.3 Å². The largest absolute Gasteiger partial charge is 0.445 e. The van der Waals surface area contributed by atoms with E-state index in [4.69, 9.17) is 10.5 Å². The van der Waals surface area contributed by atoms with Crippen molar-refractivity contribution in [3.63, 3.8) is 0 Å². The highest BCUT2D eigenvalue weighted by atomic mass is 32.1. The van der Waals surface area contributed by atoms with Crippen LogP contribution in [0.4, 0.5) is 9.80 Å². The lowest BCUT2D eigenvalue weighted by atomic mass is 9.81. The summed E-state index contributed by atoms with van der Waals surface area (Å²) < 4.78 is 5.29. The molecule has 132 valence electrons. The molecule has 0 saturated heterocycles. The number of hydrogen-bond acceptors (Lipinski definition) is 5. The molecule has 1 aromatic heterocycles. The van der Waals surface area contributed by atoms with Gasteiger partial charge in [-0.05, 0) is 30.0 Å². The number of amides is 2. The fourth-order valence-corrected chi connectivity index (χ4v) is 4.21. The Labute approximate surface area is 150 Å². The highest BCUT2D eigenvalue weighted by Crippen LogP contribution is 2.36. The summed E-state index contributed by atoms with van der Waals surface area (Å²) in [7, 11) is 1.57. The second-order valence-electron chi connectivity index (χ2n) is 6.12. The number of anilines is 1. The number of benzene rings is 1. The van der Waals surface area contributed by atoms with Gasteiger partial charge in [0.2, 0.25) is 5.91 Å². The molecule has 1 unspecified atom stereocenters. The third-order valence-corrected chi connectivity index (χ3v) is 5.42. The molecule has 1 atom stereocenters. The molecule has 0 bridgehead atoms. The quantitative estimate of drug-likeness (QED) is 0.780. The van der Waals surface area contributed by atoms with Gasteiger partial charge in [0.25, 0.3) is 0 Å². The van der Waals surface area contributed by atoms with Crippen LogP contribution in [0.1, 0.15) is 22.4 Å². The Morgan fingerprint density at radius 1 is 1.32 bits per heavy atom. The molecule has 1 heterocycles. The normalized spacial score (nSPS) is 18.9. The number of hydrogen-bond donors (Lipinski definition) is 3. The van der Waals surface area contributed by atoms with Crippen LogP contribution in [-0.4, -0.2) is 24.6 Å². The first-order valence-corrected chi connectivity index (χ1v) is 8.92. The third-order valence-electron chi connectivity index (χ3n) is 4.41. The highest BCUT2D eigenvalue weighted by Gasteiger charge is 2.43. The number of ether oxygens (including phenoxy) is 1. The summed E-state index contributed by atoms with van der Waals surface area (Å²) in [5.41, 5.74) is 6.91. The summed E-state index contributed by atoms with van der Waals surface area (Å²) >= 11 is 1.46. The van der Waals surface area contributed by atoms with Crippen LogP contribution in [0.5, 0.6) is 0 Å². The van der Waals surface area contributed by atoms with E-state index in [1.54, 1.807) is 7.05 Å². The van der Waals surface area contributed by atoms with Crippen LogP contribution in [0.25, 0.3) is 0 Å². The average Bonchev–Trinajstić information content (AvgIpc) is 2.99. The van der Waals surface area contributed by atoms with Gasteiger partial charge >= 0.3 is 6.09 Å². The maximum absolute atomic E-state index is 12.5. The van der Waals surface area contributed by atoms with Gasteiger partial charge in [0, 0.05) is 18.3 Å². The zero-order valence-electron chi connectivity index (χ0n) is 14.0. The van der Waals surface area contributed by atoms with Crippen LogP contribution >= 0.6 is 11.3 Å². The van der Waals surface area contributed by atoms with Gasteiger partial charge in [0.05, 0.1) is 5.00 Å². The van der Waals surface area contributed by atoms with Gasteiger partial charge in [-0.3, -0.25) is 4.79 Å². The number of nitrogen functional groups attached to an aromatic ring is 1. The average molecular weight is 359 g/mol. The molecule has 1 aliphatic carbocycles. The zero-order chi connectivity index (χ0) is 17.9. The Hall–Kier alpha value is -2.54. The van der Waals surface area contributed by atoms with Gasteiger partial charge in [-0.1, -0.05) is 30.3 Å². The predicted octanol–water partition coefficient (Wildman–Crippen LogP) is 2.23. The second-order valence-corrected chi connectivity index (χ2v) is 7.29. The van der Waals surface area contributed by atoms with Crippen LogP contribution in [0.15, 0.2) is 36.4 Å². The maximum Gasteiger partial charge on any atom is 0.408 e. The van der Waals surface area contributed by atoms with Gasteiger partial charge in [0.15, 0.2) is 0 Å². The molecule has 25 heavy (non-hydrogen) atoms. The van der Waals surface area contributed by atoms with E-state index in [1.807, 2.05) is 36.4 Å². The smallest absolute Gasteiger partial charge is 0.408 e. The van der Waals surface area contributed by atoms with Crippen molar-refractivity contribution in [2.24, 2.45) is 0 Å². The fourth-order valence-electron chi connectivity index (χ4n) is 3.11. The third kappa shape index (κ3) is 3.76. The monoisotopic (exact) mass is 359 g/mol. The topological polar surface area (TPSA) is 93.5 Å². The molecule has 6 nitrogen and oxygen atoms in total. The first kappa shape index (κ1) is 17.3. The minimum absolute atomic E-state index is 0.160. The van der Waals surface area contributed by atoms with Gasteiger partial charge in [-0.2, -0.15) is 0 Å². The first-order valence-electron chi connectivity index (χ1n) is 8.10. The molecule has 1 aliphatic rings. The predicted molar refractivity (Wildman–Crippen MR) is 97.3 cm³/mol. The summed E-state index contributed by atoms with van der Waals surface area (Å²) in [6.07, 6.45) is 1.02. The van der Waals surface area contributed by atoms with Crippen molar-refractivity contribution in [2.45, 2.75) is 31.4 Å². The molecular weight excluding hydrogens is 338 g/mol. The SMILES string of the molecule is CNC(=O)C1(NC(=O)OCc2ccccc2)CCc2cc(N)sc2C1. The molecule has 1 aromatic carbocycles. The number of fused-ring (bicyclic) bond motifs is 1. The molecule has 0 fully saturated rings. The standard InChI is InChI=1S/C18H21N3O3S/c1-20-16(22)18(8-7-13-9-15(19)25-14(13)10-18)21-17(23)24-11-12-5-3-2-4-6-12/h2-6,9H,7-8,10-11,19H2,1H3,(H,20,22)(H,21,23). The molecule has 0 radical (unpaired) electrons. The Morgan fingerprint density at radius 3 is 2.80 bits per heavy atom. The second kappa shape index (κ2) is 7.14. The van der Waals surface area contributed by atoms with E-state index in [0.29, 0.717) is 19.3 Å². The fraction of sp³-hybridized carbons (Fsp3) is 0.333. The Bertz CT molecular complexity index is 775. The maximum atomic E-state index is 12.5. The minimum atomic E-state index is -1.01. The van der Waals surface area contributed by atoms with Gasteiger partial charge in [0.1, 0.15) is 12.1 Å². The van der Waals surface area contributed by atoms with E-state index in [9.17, 15) is 9.59 Å². The molecule has 0 saturated carbocycles. The highest BCUT2D eigenvalue weighted by molar-refractivity contribution is 7.16.